The number of nitrogens with one attached hydrogen (secondary N) is 1. The highest BCUT2D eigenvalue weighted by molar-refractivity contribution is 6.31. The molecule has 142 valence electrons. The molecular formula is C20H16ClN3O4. The molecule has 0 fully saturated rings. The largest absolute Gasteiger partial charge is 0.482 e. The van der Waals surface area contributed by atoms with Gasteiger partial charge in [-0.05, 0) is 42.8 Å². The fourth-order valence-corrected chi connectivity index (χ4v) is 2.64. The zero-order valence-electron chi connectivity index (χ0n) is 14.9. The number of aromatic nitrogens is 2. The van der Waals surface area contributed by atoms with Gasteiger partial charge in [0.1, 0.15) is 11.6 Å². The summed E-state index contributed by atoms with van der Waals surface area (Å²) in [5, 5.41) is 9.93. The van der Waals surface area contributed by atoms with Gasteiger partial charge in [0.15, 0.2) is 24.9 Å². The lowest BCUT2D eigenvalue weighted by Gasteiger charge is -2.09. The molecule has 0 saturated carbocycles. The van der Waals surface area contributed by atoms with E-state index < -0.39 is 24.3 Å². The van der Waals surface area contributed by atoms with Gasteiger partial charge in [0, 0.05) is 5.02 Å². The number of nitrogens with zero attached hydrogens (tertiary/aromatic N) is 2. The highest BCUT2D eigenvalue weighted by Gasteiger charge is 2.25. The lowest BCUT2D eigenvalue weighted by molar-refractivity contribution is -0.150. The SMILES string of the molecule is Cc1cc(OCC(=O)OCC(=O)C(C#N)c2nc3ccccc3[nH]2)ccc1Cl. The van der Waals surface area contributed by atoms with Crippen molar-refractivity contribution in [3.8, 4) is 11.8 Å². The Morgan fingerprint density at radius 3 is 2.75 bits per heavy atom. The van der Waals surface area contributed by atoms with Crippen LogP contribution in [-0.4, -0.2) is 34.9 Å². The Morgan fingerprint density at radius 1 is 1.25 bits per heavy atom. The number of Topliss-reactive ketones (excluding diaryl/α,β-unsaturated/α-hetero) is 1. The molecule has 1 N–H and O–H groups in total. The maximum absolute atomic E-state index is 12.3. The average molecular weight is 398 g/mol. The Bertz CT molecular complexity index is 1040. The van der Waals surface area contributed by atoms with Crippen molar-refractivity contribution in [1.29, 1.82) is 5.26 Å². The van der Waals surface area contributed by atoms with E-state index in [1.807, 2.05) is 19.1 Å². The Hall–Kier alpha value is -3.37. The first-order valence-corrected chi connectivity index (χ1v) is 8.77. The van der Waals surface area contributed by atoms with Gasteiger partial charge in [-0.1, -0.05) is 23.7 Å². The number of ether oxygens (including phenoxy) is 2. The molecule has 3 aromatic rings. The molecule has 3 rings (SSSR count). The summed E-state index contributed by atoms with van der Waals surface area (Å²) in [7, 11) is 0. The van der Waals surface area contributed by atoms with Crippen LogP contribution in [0.3, 0.4) is 0 Å². The van der Waals surface area contributed by atoms with Gasteiger partial charge < -0.3 is 14.5 Å². The molecule has 1 aromatic heterocycles. The van der Waals surface area contributed by atoms with E-state index in [0.29, 0.717) is 21.8 Å². The van der Waals surface area contributed by atoms with Crippen molar-refractivity contribution in [3.05, 3.63) is 58.9 Å². The summed E-state index contributed by atoms with van der Waals surface area (Å²) in [6, 6.07) is 14.0. The van der Waals surface area contributed by atoms with Crippen LogP contribution in [0.25, 0.3) is 11.0 Å². The first-order chi connectivity index (χ1) is 13.5. The summed E-state index contributed by atoms with van der Waals surface area (Å²) in [6.07, 6.45) is 0. The number of aryl methyl sites for hydroxylation is 1. The van der Waals surface area contributed by atoms with Gasteiger partial charge in [0.05, 0.1) is 17.1 Å². The third-order valence-electron chi connectivity index (χ3n) is 3.99. The molecule has 28 heavy (non-hydrogen) atoms. The highest BCUT2D eigenvalue weighted by atomic mass is 35.5. The third kappa shape index (κ3) is 4.48. The van der Waals surface area contributed by atoms with Gasteiger partial charge in [-0.15, -0.1) is 0 Å². The molecule has 2 aromatic carbocycles. The Labute approximate surface area is 165 Å². The minimum atomic E-state index is -1.15. The van der Waals surface area contributed by atoms with Crippen molar-refractivity contribution in [2.45, 2.75) is 12.8 Å². The zero-order chi connectivity index (χ0) is 20.1. The molecule has 0 spiro atoms. The van der Waals surface area contributed by atoms with E-state index in [4.69, 9.17) is 21.1 Å². The molecular weight excluding hydrogens is 382 g/mol. The number of imidazole rings is 1. The number of aromatic amines is 1. The van der Waals surface area contributed by atoms with E-state index in [1.165, 1.54) is 0 Å². The molecule has 1 heterocycles. The van der Waals surface area contributed by atoms with Gasteiger partial charge in [-0.25, -0.2) is 9.78 Å². The second-order valence-electron chi connectivity index (χ2n) is 6.03. The Kier molecular flexibility index (Phi) is 5.92. The number of halogens is 1. The number of rotatable bonds is 7. The first kappa shape index (κ1) is 19.4. The monoisotopic (exact) mass is 397 g/mol. The third-order valence-corrected chi connectivity index (χ3v) is 4.42. The van der Waals surface area contributed by atoms with Crippen LogP contribution < -0.4 is 4.74 Å². The smallest absolute Gasteiger partial charge is 0.344 e. The Balaban J connectivity index is 1.55. The number of ketones is 1. The second-order valence-corrected chi connectivity index (χ2v) is 6.44. The van der Waals surface area contributed by atoms with Crippen LogP contribution in [-0.2, 0) is 14.3 Å². The topological polar surface area (TPSA) is 105 Å². The molecule has 1 unspecified atom stereocenters. The number of H-pyrrole nitrogens is 1. The molecule has 0 saturated heterocycles. The minimum Gasteiger partial charge on any atom is -0.482 e. The molecule has 0 amide bonds. The fraction of sp³-hybridized carbons (Fsp3) is 0.200. The normalized spacial score (nSPS) is 11.6. The molecule has 0 aliphatic rings. The summed E-state index contributed by atoms with van der Waals surface area (Å²) < 4.78 is 10.2. The number of carbonyl (C=O) groups excluding carboxylic acids is 2. The number of carbonyl (C=O) groups is 2. The summed E-state index contributed by atoms with van der Waals surface area (Å²) in [4.78, 5) is 31.3. The van der Waals surface area contributed by atoms with Gasteiger partial charge in [0.25, 0.3) is 0 Å². The molecule has 0 bridgehead atoms. The molecule has 0 radical (unpaired) electrons. The van der Waals surface area contributed by atoms with Crippen LogP contribution in [0.4, 0.5) is 0 Å². The van der Waals surface area contributed by atoms with Crippen molar-refractivity contribution in [1.82, 2.24) is 9.97 Å². The average Bonchev–Trinajstić information content (AvgIpc) is 3.11. The number of fused-ring (bicyclic) bond motifs is 1. The van der Waals surface area contributed by atoms with E-state index in [0.717, 1.165) is 5.56 Å². The van der Waals surface area contributed by atoms with Crippen molar-refractivity contribution in [2.75, 3.05) is 13.2 Å². The van der Waals surface area contributed by atoms with Gasteiger partial charge in [-0.3, -0.25) is 4.79 Å². The number of hydrogen-bond donors (Lipinski definition) is 1. The molecule has 1 atom stereocenters. The predicted octanol–water partition coefficient (Wildman–Crippen LogP) is 3.32. The molecule has 7 nitrogen and oxygen atoms in total. The molecule has 0 aliphatic carbocycles. The van der Waals surface area contributed by atoms with Crippen LogP contribution in [0.1, 0.15) is 17.3 Å². The zero-order valence-corrected chi connectivity index (χ0v) is 15.7. The highest BCUT2D eigenvalue weighted by Crippen LogP contribution is 2.21. The van der Waals surface area contributed by atoms with Crippen molar-refractivity contribution in [3.63, 3.8) is 0 Å². The quantitative estimate of drug-likeness (QED) is 0.613. The van der Waals surface area contributed by atoms with Crippen LogP contribution >= 0.6 is 11.6 Å². The van der Waals surface area contributed by atoms with Crippen LogP contribution in [0, 0.1) is 18.3 Å². The summed E-state index contributed by atoms with van der Waals surface area (Å²) >= 11 is 5.93. The lowest BCUT2D eigenvalue weighted by Crippen LogP contribution is -2.23. The van der Waals surface area contributed by atoms with E-state index in [1.54, 1.807) is 36.4 Å². The van der Waals surface area contributed by atoms with Gasteiger partial charge in [-0.2, -0.15) is 5.26 Å². The maximum Gasteiger partial charge on any atom is 0.344 e. The van der Waals surface area contributed by atoms with E-state index in [2.05, 4.69) is 9.97 Å². The fourth-order valence-electron chi connectivity index (χ4n) is 2.52. The van der Waals surface area contributed by atoms with Gasteiger partial charge in [0.2, 0.25) is 0 Å². The number of hydrogen-bond acceptors (Lipinski definition) is 6. The van der Waals surface area contributed by atoms with E-state index >= 15 is 0 Å². The van der Waals surface area contributed by atoms with E-state index in [9.17, 15) is 14.9 Å². The van der Waals surface area contributed by atoms with Crippen molar-refractivity contribution < 1.29 is 19.1 Å². The van der Waals surface area contributed by atoms with Crippen LogP contribution in [0.5, 0.6) is 5.75 Å². The summed E-state index contributed by atoms with van der Waals surface area (Å²) in [6.45, 7) is 0.902. The van der Waals surface area contributed by atoms with E-state index in [-0.39, 0.29) is 12.4 Å². The van der Waals surface area contributed by atoms with Crippen molar-refractivity contribution >= 4 is 34.4 Å². The number of esters is 1. The van der Waals surface area contributed by atoms with Crippen LogP contribution in [0.2, 0.25) is 5.02 Å². The maximum atomic E-state index is 12.3. The lowest BCUT2D eigenvalue weighted by atomic mass is 10.1. The minimum absolute atomic E-state index is 0.220. The number of para-hydroxylation sites is 2. The first-order valence-electron chi connectivity index (χ1n) is 8.39. The molecule has 0 aliphatic heterocycles. The van der Waals surface area contributed by atoms with Crippen LogP contribution in [0.15, 0.2) is 42.5 Å². The second kappa shape index (κ2) is 8.55. The van der Waals surface area contributed by atoms with Crippen molar-refractivity contribution in [2.24, 2.45) is 0 Å². The number of benzene rings is 2. The predicted molar refractivity (Wildman–Crippen MR) is 102 cm³/mol. The standard InChI is InChI=1S/C20H16ClN3O4/c1-12-8-13(6-7-15(12)21)27-11-19(26)28-10-18(25)14(9-22)20-23-16-4-2-3-5-17(16)24-20/h2-8,14H,10-11H2,1H3,(H,23,24). The Morgan fingerprint density at radius 2 is 2.04 bits per heavy atom. The summed E-state index contributed by atoms with van der Waals surface area (Å²) in [5.41, 5.74) is 2.17. The van der Waals surface area contributed by atoms with Gasteiger partial charge >= 0.3 is 5.97 Å². The number of nitriles is 1. The summed E-state index contributed by atoms with van der Waals surface area (Å²) in [5.74, 6) is -1.76. The molecule has 8 heteroatoms.